The van der Waals surface area contributed by atoms with Crippen LogP contribution in [0.4, 0.5) is 22.0 Å². The molecule has 5 atom stereocenters. The number of halogens is 7. The van der Waals surface area contributed by atoms with Gasteiger partial charge < -0.3 is 20.1 Å². The standard InChI is InChI=1S/C24H19BrClF5N6O4S/c1-35-23(42)37(14-6-9(26)2-4-11(14)24(29,30)31)22(33-35)21-20(40)18(19(39)15(8-38)41-21)36-7-13(32-34-36)10-3-5-12(25)17(28)16(10)27/h2-7,15,18-21,38-40H,8H2,1H3/t15-,18+,19+,20-,21-/m1/s1. The van der Waals surface area contributed by atoms with Gasteiger partial charge in [-0.1, -0.05) is 16.8 Å². The molecule has 0 saturated carbocycles. The molecule has 5 rings (SSSR count). The van der Waals surface area contributed by atoms with Crippen LogP contribution < -0.4 is 0 Å². The van der Waals surface area contributed by atoms with Crippen LogP contribution in [0.25, 0.3) is 16.9 Å². The van der Waals surface area contributed by atoms with Crippen LogP contribution >= 0.6 is 39.7 Å². The molecule has 1 aliphatic rings. The summed E-state index contributed by atoms with van der Waals surface area (Å²) in [5, 5.41) is 44.2. The lowest BCUT2D eigenvalue weighted by Gasteiger charge is -2.41. The summed E-state index contributed by atoms with van der Waals surface area (Å²) in [6, 6.07) is 3.87. The number of rotatable bonds is 5. The average molecular weight is 698 g/mol. The molecule has 2 aromatic heterocycles. The van der Waals surface area contributed by atoms with E-state index < -0.39 is 66.1 Å². The summed E-state index contributed by atoms with van der Waals surface area (Å²) >= 11 is 14.3. The molecule has 0 radical (unpaired) electrons. The molecule has 1 saturated heterocycles. The van der Waals surface area contributed by atoms with Crippen molar-refractivity contribution in [2.75, 3.05) is 6.61 Å². The zero-order valence-corrected chi connectivity index (χ0v) is 24.2. The lowest BCUT2D eigenvalue weighted by molar-refractivity contribution is -0.210. The molecule has 224 valence electrons. The molecule has 1 aliphatic heterocycles. The summed E-state index contributed by atoms with van der Waals surface area (Å²) in [4.78, 5) is 0. The topological polar surface area (TPSA) is 123 Å². The molecule has 18 heteroatoms. The first-order chi connectivity index (χ1) is 19.7. The third-order valence-corrected chi connectivity index (χ3v) is 8.02. The molecule has 2 aromatic carbocycles. The van der Waals surface area contributed by atoms with E-state index >= 15 is 0 Å². The molecule has 0 spiro atoms. The maximum absolute atomic E-state index is 14.6. The minimum Gasteiger partial charge on any atom is -0.394 e. The number of aromatic nitrogens is 6. The van der Waals surface area contributed by atoms with Gasteiger partial charge in [-0.25, -0.2) is 18.1 Å². The fraction of sp³-hybridized carbons (Fsp3) is 0.333. The van der Waals surface area contributed by atoms with E-state index in [0.717, 1.165) is 38.3 Å². The van der Waals surface area contributed by atoms with Gasteiger partial charge in [0, 0.05) is 17.6 Å². The third-order valence-electron chi connectivity index (χ3n) is 6.73. The minimum atomic E-state index is -4.83. The van der Waals surface area contributed by atoms with Crippen LogP contribution in [0.5, 0.6) is 0 Å². The number of hydrogen-bond donors (Lipinski definition) is 3. The molecule has 3 heterocycles. The summed E-state index contributed by atoms with van der Waals surface area (Å²) in [7, 11) is 1.36. The van der Waals surface area contributed by atoms with Gasteiger partial charge in [-0.05, 0) is 58.5 Å². The number of benzene rings is 2. The normalized spacial score (nSPS) is 23.0. The van der Waals surface area contributed by atoms with Gasteiger partial charge in [-0.3, -0.25) is 4.57 Å². The van der Waals surface area contributed by atoms with Crippen molar-refractivity contribution in [3.8, 4) is 16.9 Å². The van der Waals surface area contributed by atoms with Crippen molar-refractivity contribution in [1.82, 2.24) is 29.3 Å². The van der Waals surface area contributed by atoms with Crippen molar-refractivity contribution < 1.29 is 42.0 Å². The van der Waals surface area contributed by atoms with E-state index in [1.54, 1.807) is 0 Å². The fourth-order valence-corrected chi connectivity index (χ4v) is 5.43. The first kappa shape index (κ1) is 30.7. The van der Waals surface area contributed by atoms with Crippen molar-refractivity contribution in [1.29, 1.82) is 0 Å². The number of nitrogens with zero attached hydrogens (tertiary/aromatic N) is 6. The number of hydrogen-bond acceptors (Lipinski definition) is 8. The Kier molecular flexibility index (Phi) is 8.29. The highest BCUT2D eigenvalue weighted by Gasteiger charge is 2.49. The van der Waals surface area contributed by atoms with Gasteiger partial charge in [0.2, 0.25) is 4.77 Å². The van der Waals surface area contributed by atoms with Gasteiger partial charge >= 0.3 is 6.18 Å². The van der Waals surface area contributed by atoms with Crippen molar-refractivity contribution in [2.24, 2.45) is 7.05 Å². The number of ether oxygens (including phenoxy) is 1. The molecular weight excluding hydrogens is 679 g/mol. The van der Waals surface area contributed by atoms with Gasteiger partial charge in [0.1, 0.15) is 36.2 Å². The molecule has 0 unspecified atom stereocenters. The van der Waals surface area contributed by atoms with Crippen LogP contribution in [0.15, 0.2) is 41.0 Å². The molecule has 42 heavy (non-hydrogen) atoms. The van der Waals surface area contributed by atoms with Crippen molar-refractivity contribution in [3.63, 3.8) is 0 Å². The Labute approximate surface area is 251 Å². The predicted octanol–water partition coefficient (Wildman–Crippen LogP) is 4.31. The van der Waals surface area contributed by atoms with Crippen molar-refractivity contribution in [3.05, 3.63) is 73.8 Å². The molecule has 1 fully saturated rings. The first-order valence-corrected chi connectivity index (χ1v) is 13.5. The van der Waals surface area contributed by atoms with Crippen LogP contribution in [0.1, 0.15) is 23.5 Å². The van der Waals surface area contributed by atoms with E-state index in [4.69, 9.17) is 28.6 Å². The van der Waals surface area contributed by atoms with Crippen LogP contribution in [0.3, 0.4) is 0 Å². The van der Waals surface area contributed by atoms with Gasteiger partial charge in [0.15, 0.2) is 17.5 Å². The Morgan fingerprint density at radius 1 is 1.12 bits per heavy atom. The Bertz CT molecular complexity index is 1720. The number of aliphatic hydroxyl groups excluding tert-OH is 3. The SMILES string of the molecule is Cn1nc([C@@H]2O[C@H](CO)[C@H](O)[C@H](n3cc(-c4ccc(Br)c(F)c4F)nn3)[C@H]2O)n(-c2cc(Cl)ccc2C(F)(F)F)c1=S. The summed E-state index contributed by atoms with van der Waals surface area (Å²) in [5.41, 5.74) is -2.04. The fourth-order valence-electron chi connectivity index (χ4n) is 4.72. The highest BCUT2D eigenvalue weighted by Crippen LogP contribution is 2.41. The molecule has 0 amide bonds. The Balaban J connectivity index is 1.62. The molecule has 4 aromatic rings. The third kappa shape index (κ3) is 5.27. The first-order valence-electron chi connectivity index (χ1n) is 12.0. The van der Waals surface area contributed by atoms with E-state index in [2.05, 4.69) is 31.3 Å². The van der Waals surface area contributed by atoms with Crippen LogP contribution in [-0.4, -0.2) is 69.6 Å². The smallest absolute Gasteiger partial charge is 0.394 e. The summed E-state index contributed by atoms with van der Waals surface area (Å²) < 4.78 is 79.1. The molecule has 0 bridgehead atoms. The second kappa shape index (κ2) is 11.4. The summed E-state index contributed by atoms with van der Waals surface area (Å²) in [6.45, 7) is -0.784. The average Bonchev–Trinajstić information content (AvgIpc) is 3.51. The predicted molar refractivity (Wildman–Crippen MR) is 142 cm³/mol. The number of aryl methyl sites for hydroxylation is 1. The van der Waals surface area contributed by atoms with E-state index in [1.165, 1.54) is 19.2 Å². The molecular formula is C24H19BrClF5N6O4S. The van der Waals surface area contributed by atoms with Gasteiger partial charge in [-0.15, -0.1) is 5.10 Å². The Morgan fingerprint density at radius 3 is 2.50 bits per heavy atom. The lowest BCUT2D eigenvalue weighted by atomic mass is 9.92. The quantitative estimate of drug-likeness (QED) is 0.160. The van der Waals surface area contributed by atoms with E-state index in [-0.39, 0.29) is 31.3 Å². The van der Waals surface area contributed by atoms with E-state index in [1.807, 2.05) is 0 Å². The monoisotopic (exact) mass is 696 g/mol. The molecule has 0 aliphatic carbocycles. The highest BCUT2D eigenvalue weighted by molar-refractivity contribution is 9.10. The summed E-state index contributed by atoms with van der Waals surface area (Å²) in [6.07, 6.45) is -10.1. The molecule has 10 nitrogen and oxygen atoms in total. The van der Waals surface area contributed by atoms with Gasteiger partial charge in [0.05, 0.1) is 28.5 Å². The van der Waals surface area contributed by atoms with E-state index in [0.29, 0.717) is 0 Å². The van der Waals surface area contributed by atoms with Crippen LogP contribution in [-0.2, 0) is 18.0 Å². The Morgan fingerprint density at radius 2 is 1.83 bits per heavy atom. The second-order valence-electron chi connectivity index (χ2n) is 9.32. The lowest BCUT2D eigenvalue weighted by Crippen LogP contribution is -2.53. The zero-order chi connectivity index (χ0) is 30.7. The maximum atomic E-state index is 14.6. The van der Waals surface area contributed by atoms with Crippen molar-refractivity contribution >= 4 is 39.7 Å². The second-order valence-corrected chi connectivity index (χ2v) is 11.0. The zero-order valence-electron chi connectivity index (χ0n) is 21.0. The number of aliphatic hydroxyl groups is 3. The Hall–Kier alpha value is -2.80. The maximum Gasteiger partial charge on any atom is 0.418 e. The van der Waals surface area contributed by atoms with Gasteiger partial charge in [0.25, 0.3) is 0 Å². The molecule has 3 N–H and O–H groups in total. The van der Waals surface area contributed by atoms with E-state index in [9.17, 15) is 37.3 Å². The highest BCUT2D eigenvalue weighted by atomic mass is 79.9. The largest absolute Gasteiger partial charge is 0.418 e. The van der Waals surface area contributed by atoms with Crippen LogP contribution in [0, 0.1) is 16.4 Å². The van der Waals surface area contributed by atoms with Crippen molar-refractivity contribution in [2.45, 2.75) is 36.6 Å². The minimum absolute atomic E-state index is 0.0481. The van der Waals surface area contributed by atoms with Gasteiger partial charge in [-0.2, -0.15) is 18.3 Å². The summed E-state index contributed by atoms with van der Waals surface area (Å²) in [5.74, 6) is -2.71. The number of alkyl halides is 3. The van der Waals surface area contributed by atoms with Crippen LogP contribution in [0.2, 0.25) is 5.02 Å².